The van der Waals surface area contributed by atoms with Gasteiger partial charge in [0.2, 0.25) is 11.5 Å². The standard InChI is InChI=1S/C27H26ClN3O3S/c28-21-8-4-5-9-22(21)34-26-25(32)24(30-27(26)35-29)23(18-6-2-1-3-7-18)19-10-12-20(13-11-19)31-14-16-33-17-15-31/h1-13,23-24,30H,14-17,29H2. The number of hydrogen-bond donors (Lipinski definition) is 2. The van der Waals surface area contributed by atoms with E-state index in [9.17, 15) is 4.79 Å². The molecule has 0 aromatic heterocycles. The highest BCUT2D eigenvalue weighted by atomic mass is 35.5. The molecule has 0 amide bonds. The van der Waals surface area contributed by atoms with Crippen LogP contribution in [-0.4, -0.2) is 38.1 Å². The lowest BCUT2D eigenvalue weighted by Crippen LogP contribution is -2.37. The topological polar surface area (TPSA) is 76.8 Å². The van der Waals surface area contributed by atoms with E-state index in [4.69, 9.17) is 26.2 Å². The summed E-state index contributed by atoms with van der Waals surface area (Å²) < 4.78 is 11.5. The normalized spacial score (nSPS) is 19.0. The Morgan fingerprint density at radius 2 is 1.63 bits per heavy atom. The van der Waals surface area contributed by atoms with Gasteiger partial charge in [-0.05, 0) is 47.3 Å². The van der Waals surface area contributed by atoms with Crippen molar-refractivity contribution in [3.05, 3.63) is 106 Å². The summed E-state index contributed by atoms with van der Waals surface area (Å²) in [4.78, 5) is 16.0. The molecule has 0 saturated carbocycles. The first-order chi connectivity index (χ1) is 17.2. The van der Waals surface area contributed by atoms with Crippen LogP contribution >= 0.6 is 23.5 Å². The maximum Gasteiger partial charge on any atom is 0.223 e. The molecule has 2 heterocycles. The lowest BCUT2D eigenvalue weighted by atomic mass is 9.83. The number of anilines is 1. The summed E-state index contributed by atoms with van der Waals surface area (Å²) >= 11 is 7.24. The molecule has 2 aliphatic rings. The van der Waals surface area contributed by atoms with Gasteiger partial charge in [-0.3, -0.25) is 9.93 Å². The molecule has 180 valence electrons. The van der Waals surface area contributed by atoms with Crippen molar-refractivity contribution in [2.24, 2.45) is 5.14 Å². The fourth-order valence-corrected chi connectivity index (χ4v) is 5.15. The summed E-state index contributed by atoms with van der Waals surface area (Å²) in [5.74, 6) is 0.194. The van der Waals surface area contributed by atoms with Crippen LogP contribution < -0.4 is 20.1 Å². The second kappa shape index (κ2) is 10.7. The molecule has 0 aliphatic carbocycles. The molecule has 3 N–H and O–H groups in total. The quantitative estimate of drug-likeness (QED) is 0.449. The molecule has 0 spiro atoms. The molecule has 0 bridgehead atoms. The first-order valence-electron chi connectivity index (χ1n) is 11.5. The van der Waals surface area contributed by atoms with Gasteiger partial charge in [-0.15, -0.1) is 0 Å². The van der Waals surface area contributed by atoms with E-state index in [1.165, 1.54) is 0 Å². The van der Waals surface area contributed by atoms with Gasteiger partial charge in [0, 0.05) is 24.7 Å². The van der Waals surface area contributed by atoms with Crippen LogP contribution in [0.15, 0.2) is 89.7 Å². The number of carbonyl (C=O) groups excluding carboxylic acids is 1. The number of nitrogens with one attached hydrogen (secondary N) is 1. The van der Waals surface area contributed by atoms with E-state index in [0.717, 1.165) is 55.1 Å². The Morgan fingerprint density at radius 1 is 0.971 bits per heavy atom. The smallest absolute Gasteiger partial charge is 0.223 e. The predicted octanol–water partition coefficient (Wildman–Crippen LogP) is 4.70. The van der Waals surface area contributed by atoms with Gasteiger partial charge in [-0.2, -0.15) is 0 Å². The first-order valence-corrected chi connectivity index (χ1v) is 12.7. The van der Waals surface area contributed by atoms with Crippen LogP contribution in [-0.2, 0) is 9.53 Å². The van der Waals surface area contributed by atoms with Crippen molar-refractivity contribution in [3.8, 4) is 5.75 Å². The number of Topliss-reactive ketones (excluding diaryl/α,β-unsaturated/α-hetero) is 1. The molecular formula is C27H26ClN3O3S. The molecule has 8 heteroatoms. The molecule has 6 nitrogen and oxygen atoms in total. The SMILES string of the molecule is NSC1=C(Oc2ccccc2Cl)C(=O)C(C(c2ccccc2)c2ccc(N3CCOCC3)cc2)N1. The highest BCUT2D eigenvalue weighted by Crippen LogP contribution is 2.37. The highest BCUT2D eigenvalue weighted by molar-refractivity contribution is 8.00. The molecule has 0 radical (unpaired) electrons. The highest BCUT2D eigenvalue weighted by Gasteiger charge is 2.41. The number of hydrogen-bond acceptors (Lipinski definition) is 7. The Balaban J connectivity index is 1.46. The van der Waals surface area contributed by atoms with Gasteiger partial charge in [0.15, 0.2) is 0 Å². The molecule has 35 heavy (non-hydrogen) atoms. The lowest BCUT2D eigenvalue weighted by molar-refractivity contribution is -0.118. The molecule has 2 aliphatic heterocycles. The zero-order chi connectivity index (χ0) is 24.2. The second-order valence-electron chi connectivity index (χ2n) is 8.37. The average molecular weight is 508 g/mol. The Labute approximate surface area is 214 Å². The van der Waals surface area contributed by atoms with Crippen molar-refractivity contribution in [2.45, 2.75) is 12.0 Å². The summed E-state index contributed by atoms with van der Waals surface area (Å²) in [6.07, 6.45) is 0. The third-order valence-corrected chi connectivity index (χ3v) is 7.14. The minimum atomic E-state index is -0.574. The number of ether oxygens (including phenoxy) is 2. The number of para-hydroxylation sites is 1. The molecule has 1 fully saturated rings. The zero-order valence-corrected chi connectivity index (χ0v) is 20.6. The molecular weight excluding hydrogens is 482 g/mol. The number of carbonyl (C=O) groups is 1. The van der Waals surface area contributed by atoms with Gasteiger partial charge < -0.3 is 19.7 Å². The number of nitrogens with zero attached hydrogens (tertiary/aromatic N) is 1. The number of nitrogens with two attached hydrogens (primary N) is 1. The molecule has 3 aromatic rings. The van der Waals surface area contributed by atoms with Gasteiger partial charge in [0.05, 0.1) is 18.2 Å². The van der Waals surface area contributed by atoms with Gasteiger partial charge in [0.25, 0.3) is 0 Å². The summed E-state index contributed by atoms with van der Waals surface area (Å²) in [6, 6.07) is 24.9. The Kier molecular flexibility index (Phi) is 7.29. The third-order valence-electron chi connectivity index (χ3n) is 6.29. The minimum Gasteiger partial charge on any atom is -0.449 e. The number of benzene rings is 3. The zero-order valence-electron chi connectivity index (χ0n) is 19.0. The number of ketones is 1. The van der Waals surface area contributed by atoms with Crippen molar-refractivity contribution in [2.75, 3.05) is 31.2 Å². The number of halogens is 1. The van der Waals surface area contributed by atoms with Gasteiger partial charge in [0.1, 0.15) is 16.8 Å². The Bertz CT molecular complexity index is 1210. The van der Waals surface area contributed by atoms with Crippen molar-refractivity contribution in [1.82, 2.24) is 5.32 Å². The van der Waals surface area contributed by atoms with Crippen LogP contribution in [0.5, 0.6) is 5.75 Å². The van der Waals surface area contributed by atoms with Crippen LogP contribution in [0.2, 0.25) is 5.02 Å². The summed E-state index contributed by atoms with van der Waals surface area (Å²) in [5.41, 5.74) is 3.20. The van der Waals surface area contributed by atoms with Gasteiger partial charge in [-0.25, -0.2) is 0 Å². The van der Waals surface area contributed by atoms with E-state index in [2.05, 4.69) is 34.5 Å². The maximum absolute atomic E-state index is 13.7. The van der Waals surface area contributed by atoms with E-state index in [1.807, 2.05) is 42.5 Å². The summed E-state index contributed by atoms with van der Waals surface area (Å²) in [7, 11) is 0. The molecule has 2 atom stereocenters. The van der Waals surface area contributed by atoms with Crippen molar-refractivity contribution in [3.63, 3.8) is 0 Å². The van der Waals surface area contributed by atoms with E-state index in [0.29, 0.717) is 15.8 Å². The molecule has 2 unspecified atom stereocenters. The van der Waals surface area contributed by atoms with Crippen molar-refractivity contribution in [1.29, 1.82) is 0 Å². The first kappa shape index (κ1) is 23.8. The van der Waals surface area contributed by atoms with Crippen LogP contribution in [0.3, 0.4) is 0 Å². The minimum absolute atomic E-state index is 0.163. The number of rotatable bonds is 7. The van der Waals surface area contributed by atoms with Crippen molar-refractivity contribution >= 4 is 35.0 Å². The van der Waals surface area contributed by atoms with Gasteiger partial charge in [-0.1, -0.05) is 66.2 Å². The fourth-order valence-electron chi connectivity index (χ4n) is 4.53. The van der Waals surface area contributed by atoms with Gasteiger partial charge >= 0.3 is 0 Å². The Morgan fingerprint density at radius 3 is 2.31 bits per heavy atom. The molecule has 1 saturated heterocycles. The third kappa shape index (κ3) is 5.04. The van der Waals surface area contributed by atoms with E-state index < -0.39 is 6.04 Å². The summed E-state index contributed by atoms with van der Waals surface area (Å²) in [5, 5.41) is 10.2. The van der Waals surface area contributed by atoms with Crippen molar-refractivity contribution < 1.29 is 14.3 Å². The van der Waals surface area contributed by atoms with Crippen LogP contribution in [0.4, 0.5) is 5.69 Å². The largest absolute Gasteiger partial charge is 0.449 e. The molecule has 5 rings (SSSR count). The van der Waals surface area contributed by atoms with E-state index in [1.54, 1.807) is 12.1 Å². The average Bonchev–Trinajstić information content (AvgIpc) is 3.22. The predicted molar refractivity (Wildman–Crippen MR) is 141 cm³/mol. The van der Waals surface area contributed by atoms with Crippen LogP contribution in [0, 0.1) is 0 Å². The second-order valence-corrected chi connectivity index (χ2v) is 9.43. The monoisotopic (exact) mass is 507 g/mol. The Hall–Kier alpha value is -2.97. The van der Waals surface area contributed by atoms with Crippen LogP contribution in [0.25, 0.3) is 0 Å². The fraction of sp³-hybridized carbons (Fsp3) is 0.222. The number of morpholine rings is 1. The summed E-state index contributed by atoms with van der Waals surface area (Å²) in [6.45, 7) is 3.20. The maximum atomic E-state index is 13.7. The van der Waals surface area contributed by atoms with Crippen LogP contribution in [0.1, 0.15) is 17.0 Å². The molecule has 3 aromatic carbocycles. The van der Waals surface area contributed by atoms with E-state index >= 15 is 0 Å². The van der Waals surface area contributed by atoms with E-state index in [-0.39, 0.29) is 17.5 Å². The lowest BCUT2D eigenvalue weighted by Gasteiger charge is -2.30.